The number of pyridine rings is 1. The lowest BCUT2D eigenvalue weighted by atomic mass is 10.3. The molecule has 0 atom stereocenters. The third kappa shape index (κ3) is 2.16. The Hall–Kier alpha value is -0.680. The topological polar surface area (TPSA) is 48.0 Å². The second-order valence-corrected chi connectivity index (χ2v) is 3.88. The highest BCUT2D eigenvalue weighted by Crippen LogP contribution is 2.08. The van der Waals surface area contributed by atoms with Crippen molar-refractivity contribution in [2.24, 2.45) is 5.73 Å². The Kier molecular flexibility index (Phi) is 3.22. The maximum atomic E-state index is 11.6. The summed E-state index contributed by atoms with van der Waals surface area (Å²) in [6.45, 7) is 2.49. The molecule has 3 nitrogen and oxygen atoms in total. The summed E-state index contributed by atoms with van der Waals surface area (Å²) in [4.78, 5) is 11.7. The molecule has 0 aromatic carbocycles. The Labute approximate surface area is 89.7 Å². The Morgan fingerprint density at radius 3 is 2.85 bits per heavy atom. The van der Waals surface area contributed by atoms with E-state index in [1.165, 1.54) is 0 Å². The second-order valence-electron chi connectivity index (χ2n) is 2.53. The van der Waals surface area contributed by atoms with Gasteiger partial charge in [0.2, 0.25) is 0 Å². The fraction of sp³-hybridized carbons (Fsp3) is 0.250. The van der Waals surface area contributed by atoms with Gasteiger partial charge in [-0.1, -0.05) is 12.2 Å². The van der Waals surface area contributed by atoms with Crippen molar-refractivity contribution in [1.29, 1.82) is 0 Å². The summed E-state index contributed by atoms with van der Waals surface area (Å²) in [7, 11) is 0. The predicted octanol–water partition coefficient (Wildman–Crippen LogP) is 1.26. The summed E-state index contributed by atoms with van der Waals surface area (Å²) in [5.74, 6) is 0. The summed E-state index contributed by atoms with van der Waals surface area (Å²) < 4.78 is 2.36. The number of hydrogen-bond acceptors (Lipinski definition) is 2. The van der Waals surface area contributed by atoms with E-state index in [-0.39, 0.29) is 10.5 Å². The van der Waals surface area contributed by atoms with Crippen molar-refractivity contribution in [1.82, 2.24) is 4.57 Å². The zero-order valence-electron chi connectivity index (χ0n) is 7.08. The molecule has 1 aromatic heterocycles. The number of rotatable bonds is 2. The van der Waals surface area contributed by atoms with E-state index >= 15 is 0 Å². The van der Waals surface area contributed by atoms with Gasteiger partial charge < -0.3 is 10.3 Å². The minimum Gasteiger partial charge on any atom is -0.389 e. The number of aromatic nitrogens is 1. The van der Waals surface area contributed by atoms with Crippen LogP contribution >= 0.6 is 28.1 Å². The van der Waals surface area contributed by atoms with Gasteiger partial charge in [-0.15, -0.1) is 0 Å². The minimum atomic E-state index is -0.141. The molecule has 1 rings (SSSR count). The van der Waals surface area contributed by atoms with E-state index in [4.69, 9.17) is 18.0 Å². The smallest absolute Gasteiger partial charge is 0.260 e. The largest absolute Gasteiger partial charge is 0.389 e. The van der Waals surface area contributed by atoms with Gasteiger partial charge in [-0.3, -0.25) is 4.79 Å². The number of halogens is 1. The first-order valence-corrected chi connectivity index (χ1v) is 4.96. The van der Waals surface area contributed by atoms with Crippen LogP contribution in [0.4, 0.5) is 0 Å². The Morgan fingerprint density at radius 1 is 1.77 bits per heavy atom. The van der Waals surface area contributed by atoms with Crippen molar-refractivity contribution in [2.45, 2.75) is 13.5 Å². The summed E-state index contributed by atoms with van der Waals surface area (Å²) >= 11 is 8.04. The fourth-order valence-electron chi connectivity index (χ4n) is 1.01. The van der Waals surface area contributed by atoms with Crippen molar-refractivity contribution in [3.63, 3.8) is 0 Å². The van der Waals surface area contributed by atoms with E-state index in [2.05, 4.69) is 15.9 Å². The van der Waals surface area contributed by atoms with Gasteiger partial charge in [0.25, 0.3) is 5.56 Å². The van der Waals surface area contributed by atoms with Crippen LogP contribution in [0.3, 0.4) is 0 Å². The van der Waals surface area contributed by atoms with E-state index in [1.54, 1.807) is 16.8 Å². The van der Waals surface area contributed by atoms with Crippen molar-refractivity contribution < 1.29 is 0 Å². The van der Waals surface area contributed by atoms with E-state index in [0.29, 0.717) is 12.1 Å². The molecule has 0 saturated carbocycles. The van der Waals surface area contributed by atoms with Gasteiger partial charge in [-0.2, -0.15) is 0 Å². The molecule has 0 amide bonds. The Balaban J connectivity index is 3.45. The molecule has 0 fully saturated rings. The van der Waals surface area contributed by atoms with E-state index in [0.717, 1.165) is 4.47 Å². The lowest BCUT2D eigenvalue weighted by Crippen LogP contribution is -2.28. The van der Waals surface area contributed by atoms with E-state index in [9.17, 15) is 4.79 Å². The van der Waals surface area contributed by atoms with Crippen LogP contribution in [0.25, 0.3) is 0 Å². The molecular formula is C8H9BrN2OS. The van der Waals surface area contributed by atoms with Crippen LogP contribution < -0.4 is 11.3 Å². The predicted molar refractivity (Wildman–Crippen MR) is 60.0 cm³/mol. The highest BCUT2D eigenvalue weighted by molar-refractivity contribution is 9.10. The standard InChI is InChI=1S/C8H9BrN2OS/c1-2-11-4-5(9)3-6(7(10)13)8(11)12/h3-4H,2H2,1H3,(H2,10,13). The van der Waals surface area contributed by atoms with Crippen LogP contribution in [0.1, 0.15) is 12.5 Å². The average Bonchev–Trinajstić information content (AvgIpc) is 2.08. The number of thiocarbonyl (C=S) groups is 1. The first-order chi connectivity index (χ1) is 6.06. The van der Waals surface area contributed by atoms with Crippen LogP contribution in [0.5, 0.6) is 0 Å². The summed E-state index contributed by atoms with van der Waals surface area (Å²) in [5, 5.41) is 0. The van der Waals surface area contributed by atoms with Gasteiger partial charge in [0, 0.05) is 17.2 Å². The summed E-state index contributed by atoms with van der Waals surface area (Å²) in [5.41, 5.74) is 5.64. The normalized spacial score (nSPS) is 10.0. The molecule has 1 aromatic rings. The number of aryl methyl sites for hydroxylation is 1. The summed E-state index contributed by atoms with van der Waals surface area (Å²) in [6.07, 6.45) is 1.71. The van der Waals surface area contributed by atoms with Crippen molar-refractivity contribution >= 4 is 33.1 Å². The number of nitrogens with zero attached hydrogens (tertiary/aromatic N) is 1. The molecule has 0 bridgehead atoms. The molecule has 1 heterocycles. The van der Waals surface area contributed by atoms with E-state index in [1.807, 2.05) is 6.92 Å². The van der Waals surface area contributed by atoms with Crippen molar-refractivity contribution in [3.8, 4) is 0 Å². The highest BCUT2D eigenvalue weighted by Gasteiger charge is 2.06. The SMILES string of the molecule is CCn1cc(Br)cc(C(N)=S)c1=O. The quantitative estimate of drug-likeness (QED) is 0.815. The van der Waals surface area contributed by atoms with Gasteiger partial charge in [-0.25, -0.2) is 0 Å². The first kappa shape index (κ1) is 10.4. The molecule has 2 N–H and O–H groups in total. The molecule has 0 radical (unpaired) electrons. The van der Waals surface area contributed by atoms with Crippen LogP contribution in [-0.2, 0) is 6.54 Å². The van der Waals surface area contributed by atoms with Gasteiger partial charge in [-0.05, 0) is 28.9 Å². The maximum absolute atomic E-state index is 11.6. The van der Waals surface area contributed by atoms with Crippen molar-refractivity contribution in [2.75, 3.05) is 0 Å². The van der Waals surface area contributed by atoms with E-state index < -0.39 is 0 Å². The average molecular weight is 261 g/mol. The fourth-order valence-corrected chi connectivity index (χ4v) is 1.63. The molecule has 13 heavy (non-hydrogen) atoms. The van der Waals surface area contributed by atoms with Crippen LogP contribution in [0, 0.1) is 0 Å². The van der Waals surface area contributed by atoms with Gasteiger partial charge in [0.15, 0.2) is 0 Å². The van der Waals surface area contributed by atoms with Gasteiger partial charge in [0.1, 0.15) is 4.99 Å². The first-order valence-electron chi connectivity index (χ1n) is 3.76. The van der Waals surface area contributed by atoms with Crippen LogP contribution in [-0.4, -0.2) is 9.56 Å². The zero-order valence-corrected chi connectivity index (χ0v) is 9.48. The molecule has 0 aliphatic carbocycles. The lowest BCUT2D eigenvalue weighted by molar-refractivity contribution is 0.723. The Morgan fingerprint density at radius 2 is 2.38 bits per heavy atom. The monoisotopic (exact) mass is 260 g/mol. The van der Waals surface area contributed by atoms with Crippen LogP contribution in [0.2, 0.25) is 0 Å². The van der Waals surface area contributed by atoms with Crippen LogP contribution in [0.15, 0.2) is 21.5 Å². The molecule has 0 spiro atoms. The minimum absolute atomic E-state index is 0.133. The molecule has 5 heteroatoms. The molecular weight excluding hydrogens is 252 g/mol. The molecule has 0 saturated heterocycles. The third-order valence-electron chi connectivity index (χ3n) is 1.66. The zero-order chi connectivity index (χ0) is 10.0. The highest BCUT2D eigenvalue weighted by atomic mass is 79.9. The lowest BCUT2D eigenvalue weighted by Gasteiger charge is -2.05. The van der Waals surface area contributed by atoms with Gasteiger partial charge >= 0.3 is 0 Å². The second kappa shape index (κ2) is 4.02. The molecule has 0 aliphatic heterocycles. The molecule has 0 unspecified atom stereocenters. The van der Waals surface area contributed by atoms with Crippen molar-refractivity contribution in [3.05, 3.63) is 32.7 Å². The molecule has 0 aliphatic rings. The number of nitrogens with two attached hydrogens (primary N) is 1. The maximum Gasteiger partial charge on any atom is 0.260 e. The van der Waals surface area contributed by atoms with Gasteiger partial charge in [0.05, 0.1) is 5.56 Å². The summed E-state index contributed by atoms with van der Waals surface area (Å²) in [6, 6.07) is 1.64. The third-order valence-corrected chi connectivity index (χ3v) is 2.31. The Bertz CT molecular complexity index is 400. The molecule has 70 valence electrons. The number of hydrogen-bond donors (Lipinski definition) is 1.